The number of nitrogens with one attached hydrogen (secondary N) is 1. The summed E-state index contributed by atoms with van der Waals surface area (Å²) in [6, 6.07) is 1.04. The fraction of sp³-hybridized carbons (Fsp3) is 0.900. The summed E-state index contributed by atoms with van der Waals surface area (Å²) in [5.41, 5.74) is 0. The summed E-state index contributed by atoms with van der Waals surface area (Å²) in [6.07, 6.45) is 4.52. The van der Waals surface area contributed by atoms with E-state index in [1.807, 2.05) is 7.05 Å². The van der Waals surface area contributed by atoms with E-state index in [-0.39, 0.29) is 12.1 Å². The number of rotatable bonds is 1. The predicted molar refractivity (Wildman–Crippen MR) is 53.4 cm³/mol. The van der Waals surface area contributed by atoms with E-state index in [1.165, 1.54) is 6.42 Å². The molecule has 2 N–H and O–H groups in total. The third-order valence-corrected chi connectivity index (χ3v) is 3.60. The molecule has 80 valence electrons. The molecule has 0 aromatic heterocycles. The van der Waals surface area contributed by atoms with Crippen molar-refractivity contribution in [1.29, 1.82) is 0 Å². The molecule has 2 aliphatic rings. The lowest BCUT2D eigenvalue weighted by Crippen LogP contribution is -2.57. The van der Waals surface area contributed by atoms with Crippen molar-refractivity contribution in [3.8, 4) is 0 Å². The van der Waals surface area contributed by atoms with E-state index >= 15 is 0 Å². The van der Waals surface area contributed by atoms with E-state index in [4.69, 9.17) is 5.11 Å². The monoisotopic (exact) mass is 198 g/mol. The van der Waals surface area contributed by atoms with Crippen LogP contribution in [0.2, 0.25) is 0 Å². The highest BCUT2D eigenvalue weighted by molar-refractivity contribution is 5.66. The molecule has 2 bridgehead atoms. The van der Waals surface area contributed by atoms with E-state index in [0.29, 0.717) is 6.04 Å². The van der Waals surface area contributed by atoms with Gasteiger partial charge in [-0.15, -0.1) is 0 Å². The third kappa shape index (κ3) is 1.59. The van der Waals surface area contributed by atoms with Gasteiger partial charge >= 0.3 is 6.09 Å². The van der Waals surface area contributed by atoms with E-state index in [0.717, 1.165) is 25.7 Å². The van der Waals surface area contributed by atoms with Crippen molar-refractivity contribution in [2.45, 2.75) is 50.2 Å². The van der Waals surface area contributed by atoms with Gasteiger partial charge in [-0.1, -0.05) is 0 Å². The molecule has 1 amide bonds. The number of hydrogen-bond donors (Lipinski definition) is 2. The van der Waals surface area contributed by atoms with Crippen molar-refractivity contribution in [2.75, 3.05) is 7.05 Å². The van der Waals surface area contributed by atoms with Crippen LogP contribution in [0.3, 0.4) is 0 Å². The van der Waals surface area contributed by atoms with Crippen LogP contribution in [0.5, 0.6) is 0 Å². The number of hydrogen-bond acceptors (Lipinski definition) is 2. The highest BCUT2D eigenvalue weighted by Gasteiger charge is 2.40. The topological polar surface area (TPSA) is 52.6 Å². The first kappa shape index (κ1) is 9.77. The van der Waals surface area contributed by atoms with Gasteiger partial charge in [0.05, 0.1) is 0 Å². The first-order valence-corrected chi connectivity index (χ1v) is 5.41. The van der Waals surface area contributed by atoms with E-state index in [2.05, 4.69) is 5.32 Å². The van der Waals surface area contributed by atoms with Gasteiger partial charge in [-0.2, -0.15) is 0 Å². The Morgan fingerprint density at radius 2 is 1.93 bits per heavy atom. The molecular weight excluding hydrogens is 180 g/mol. The van der Waals surface area contributed by atoms with Gasteiger partial charge in [-0.05, 0) is 39.2 Å². The van der Waals surface area contributed by atoms with Gasteiger partial charge in [0.1, 0.15) is 0 Å². The highest BCUT2D eigenvalue weighted by atomic mass is 16.4. The zero-order valence-electron chi connectivity index (χ0n) is 8.57. The lowest BCUT2D eigenvalue weighted by atomic mass is 9.82. The maximum Gasteiger partial charge on any atom is 0.407 e. The molecule has 2 heterocycles. The Hall–Kier alpha value is -0.770. The van der Waals surface area contributed by atoms with Gasteiger partial charge < -0.3 is 15.3 Å². The summed E-state index contributed by atoms with van der Waals surface area (Å²) in [6.45, 7) is 0. The van der Waals surface area contributed by atoms with Crippen LogP contribution in [-0.4, -0.2) is 41.3 Å². The van der Waals surface area contributed by atoms with Gasteiger partial charge in [-0.3, -0.25) is 0 Å². The molecule has 2 rings (SSSR count). The van der Waals surface area contributed by atoms with Crippen LogP contribution >= 0.6 is 0 Å². The minimum Gasteiger partial charge on any atom is -0.465 e. The average molecular weight is 198 g/mol. The maximum absolute atomic E-state index is 11.1. The van der Waals surface area contributed by atoms with Crippen LogP contribution in [0.15, 0.2) is 0 Å². The molecule has 0 radical (unpaired) electrons. The van der Waals surface area contributed by atoms with Gasteiger partial charge in [0, 0.05) is 18.1 Å². The second kappa shape index (κ2) is 3.77. The molecule has 1 unspecified atom stereocenters. The molecule has 0 aromatic rings. The van der Waals surface area contributed by atoms with Crippen LogP contribution in [0, 0.1) is 0 Å². The lowest BCUT2D eigenvalue weighted by molar-refractivity contribution is 0.0316. The number of carboxylic acid groups (broad SMARTS) is 1. The van der Waals surface area contributed by atoms with Crippen molar-refractivity contribution in [2.24, 2.45) is 0 Å². The number of carbonyl (C=O) groups is 1. The molecule has 0 saturated carbocycles. The molecule has 0 aromatic carbocycles. The molecule has 4 heteroatoms. The van der Waals surface area contributed by atoms with Crippen LogP contribution in [0.25, 0.3) is 0 Å². The number of nitrogens with zero attached hydrogens (tertiary/aromatic N) is 1. The quantitative estimate of drug-likeness (QED) is 0.667. The van der Waals surface area contributed by atoms with E-state index in [1.54, 1.807) is 4.90 Å². The summed E-state index contributed by atoms with van der Waals surface area (Å²) in [5.74, 6) is 0. The zero-order chi connectivity index (χ0) is 10.1. The normalized spacial score (nSPS) is 36.9. The Morgan fingerprint density at radius 3 is 2.36 bits per heavy atom. The molecular formula is C10H18N2O2. The smallest absolute Gasteiger partial charge is 0.407 e. The van der Waals surface area contributed by atoms with Gasteiger partial charge in [-0.25, -0.2) is 4.79 Å². The molecule has 3 atom stereocenters. The largest absolute Gasteiger partial charge is 0.465 e. The second-order valence-electron chi connectivity index (χ2n) is 4.39. The second-order valence-corrected chi connectivity index (χ2v) is 4.39. The Balaban J connectivity index is 2.11. The van der Waals surface area contributed by atoms with Crippen molar-refractivity contribution < 1.29 is 9.90 Å². The van der Waals surface area contributed by atoms with Gasteiger partial charge in [0.15, 0.2) is 0 Å². The Bertz CT molecular complexity index is 218. The summed E-state index contributed by atoms with van der Waals surface area (Å²) in [4.78, 5) is 12.8. The molecule has 0 spiro atoms. The number of amides is 1. The molecule has 0 aliphatic carbocycles. The summed E-state index contributed by atoms with van der Waals surface area (Å²) in [7, 11) is 1.97. The molecule has 2 saturated heterocycles. The predicted octanol–water partition coefficient (Wildman–Crippen LogP) is 1.27. The Kier molecular flexibility index (Phi) is 2.63. The van der Waals surface area contributed by atoms with Crippen molar-refractivity contribution in [1.82, 2.24) is 10.2 Å². The molecule has 4 nitrogen and oxygen atoms in total. The van der Waals surface area contributed by atoms with Gasteiger partial charge in [0.25, 0.3) is 0 Å². The molecule has 2 aliphatic heterocycles. The van der Waals surface area contributed by atoms with Crippen molar-refractivity contribution >= 4 is 6.09 Å². The minimum atomic E-state index is -0.728. The van der Waals surface area contributed by atoms with Crippen LogP contribution in [-0.2, 0) is 0 Å². The summed E-state index contributed by atoms with van der Waals surface area (Å²) in [5, 5.41) is 12.4. The summed E-state index contributed by atoms with van der Waals surface area (Å²) >= 11 is 0. The molecule has 14 heavy (non-hydrogen) atoms. The Morgan fingerprint density at radius 1 is 1.36 bits per heavy atom. The lowest BCUT2D eigenvalue weighted by Gasteiger charge is -2.47. The van der Waals surface area contributed by atoms with Crippen molar-refractivity contribution in [3.63, 3.8) is 0 Å². The SMILES string of the molecule is CNC1C[C@H]2CCC[C@@H](C1)N2C(=O)O. The summed E-state index contributed by atoms with van der Waals surface area (Å²) < 4.78 is 0. The first-order valence-electron chi connectivity index (χ1n) is 5.41. The van der Waals surface area contributed by atoms with Crippen LogP contribution < -0.4 is 5.32 Å². The number of piperidine rings is 2. The number of fused-ring (bicyclic) bond motifs is 2. The van der Waals surface area contributed by atoms with E-state index in [9.17, 15) is 4.79 Å². The molecule has 2 fully saturated rings. The Labute approximate surface area is 84.3 Å². The highest BCUT2D eigenvalue weighted by Crippen LogP contribution is 2.33. The third-order valence-electron chi connectivity index (χ3n) is 3.60. The maximum atomic E-state index is 11.1. The standard InChI is InChI=1S/C10H18N2O2/c1-11-7-5-8-3-2-4-9(6-7)12(8)10(13)14/h7-9,11H,2-6H2,1H3,(H,13,14)/t7?,8-,9+. The fourth-order valence-electron chi connectivity index (χ4n) is 2.93. The first-order chi connectivity index (χ1) is 6.72. The fourth-order valence-corrected chi connectivity index (χ4v) is 2.93. The van der Waals surface area contributed by atoms with E-state index < -0.39 is 6.09 Å². The van der Waals surface area contributed by atoms with Crippen molar-refractivity contribution in [3.05, 3.63) is 0 Å². The minimum absolute atomic E-state index is 0.262. The average Bonchev–Trinajstić information content (AvgIpc) is 2.15. The van der Waals surface area contributed by atoms with Crippen LogP contribution in [0.1, 0.15) is 32.1 Å². The van der Waals surface area contributed by atoms with Crippen LogP contribution in [0.4, 0.5) is 4.79 Å². The van der Waals surface area contributed by atoms with Gasteiger partial charge in [0.2, 0.25) is 0 Å². The zero-order valence-corrected chi connectivity index (χ0v) is 8.57.